The molecule has 0 fully saturated rings. The fourth-order valence-corrected chi connectivity index (χ4v) is 2.82. The zero-order valence-electron chi connectivity index (χ0n) is 11.4. The van der Waals surface area contributed by atoms with Crippen molar-refractivity contribution in [3.63, 3.8) is 0 Å². The number of aliphatic hydroxyl groups excluding tert-OH is 1. The van der Waals surface area contributed by atoms with Crippen molar-refractivity contribution in [3.8, 4) is 0 Å². The van der Waals surface area contributed by atoms with Crippen molar-refractivity contribution in [3.05, 3.63) is 30.1 Å². The fourth-order valence-electron chi connectivity index (χ4n) is 2.16. The molecule has 5 nitrogen and oxygen atoms in total. The second-order valence-electron chi connectivity index (χ2n) is 4.62. The Hall–Kier alpha value is -1.53. The van der Waals surface area contributed by atoms with Crippen molar-refractivity contribution in [2.24, 2.45) is 0 Å². The Bertz CT molecular complexity index is 564. The lowest BCUT2D eigenvalue weighted by Gasteiger charge is -2.16. The average molecular weight is 293 g/mol. The highest BCUT2D eigenvalue weighted by Gasteiger charge is 2.13. The van der Waals surface area contributed by atoms with Crippen molar-refractivity contribution in [2.45, 2.75) is 18.9 Å². The van der Waals surface area contributed by atoms with Crippen LogP contribution in [0.25, 0.3) is 11.0 Å². The summed E-state index contributed by atoms with van der Waals surface area (Å²) in [7, 11) is 0. The molecule has 0 aromatic carbocycles. The summed E-state index contributed by atoms with van der Waals surface area (Å²) < 4.78 is 0. The number of aromatic amines is 1. The third-order valence-corrected chi connectivity index (χ3v) is 3.83. The topological polar surface area (TPSA) is 78.0 Å². The van der Waals surface area contributed by atoms with Crippen LogP contribution in [0.1, 0.15) is 12.0 Å². The lowest BCUT2D eigenvalue weighted by atomic mass is 10.1. The van der Waals surface area contributed by atoms with Crippen LogP contribution in [0.15, 0.2) is 24.5 Å². The second kappa shape index (κ2) is 7.31. The number of nitrogens with zero attached hydrogens (tertiary/aromatic N) is 1. The van der Waals surface area contributed by atoms with E-state index in [2.05, 4.69) is 15.3 Å². The van der Waals surface area contributed by atoms with E-state index < -0.39 is 0 Å². The predicted molar refractivity (Wildman–Crippen MR) is 81.8 cm³/mol. The number of carbonyl (C=O) groups excluding carboxylic acids is 1. The SMILES string of the molecule is CSCC(CCO)NC(=O)Cc1c[nH]c2ncccc12. The minimum absolute atomic E-state index is 0.0193. The molecule has 1 atom stereocenters. The van der Waals surface area contributed by atoms with Crippen LogP contribution < -0.4 is 5.32 Å². The van der Waals surface area contributed by atoms with E-state index in [4.69, 9.17) is 5.11 Å². The van der Waals surface area contributed by atoms with Crippen LogP contribution in [0, 0.1) is 0 Å². The zero-order valence-corrected chi connectivity index (χ0v) is 12.2. The van der Waals surface area contributed by atoms with Crippen LogP contribution in [-0.4, -0.2) is 45.6 Å². The summed E-state index contributed by atoms with van der Waals surface area (Å²) in [6.07, 6.45) is 6.44. The first-order valence-corrected chi connectivity index (χ1v) is 7.94. The maximum atomic E-state index is 12.1. The van der Waals surface area contributed by atoms with E-state index in [1.54, 1.807) is 18.0 Å². The number of carbonyl (C=O) groups is 1. The molecular formula is C14H19N3O2S. The highest BCUT2D eigenvalue weighted by Crippen LogP contribution is 2.16. The highest BCUT2D eigenvalue weighted by molar-refractivity contribution is 7.98. The monoisotopic (exact) mass is 293 g/mol. The summed E-state index contributed by atoms with van der Waals surface area (Å²) in [6, 6.07) is 3.83. The molecule has 0 aliphatic carbocycles. The molecule has 6 heteroatoms. The van der Waals surface area contributed by atoms with Gasteiger partial charge in [-0.2, -0.15) is 11.8 Å². The van der Waals surface area contributed by atoms with E-state index in [1.165, 1.54) is 0 Å². The van der Waals surface area contributed by atoms with Crippen molar-refractivity contribution in [1.29, 1.82) is 0 Å². The smallest absolute Gasteiger partial charge is 0.224 e. The number of rotatable bonds is 7. The van der Waals surface area contributed by atoms with Crippen molar-refractivity contribution >= 4 is 28.7 Å². The molecule has 0 radical (unpaired) electrons. The summed E-state index contributed by atoms with van der Waals surface area (Å²) in [5.41, 5.74) is 1.74. The molecule has 2 aromatic rings. The van der Waals surface area contributed by atoms with Gasteiger partial charge in [0, 0.05) is 36.2 Å². The van der Waals surface area contributed by atoms with Crippen LogP contribution in [0.4, 0.5) is 0 Å². The van der Waals surface area contributed by atoms with E-state index in [9.17, 15) is 4.79 Å². The lowest BCUT2D eigenvalue weighted by molar-refractivity contribution is -0.121. The van der Waals surface area contributed by atoms with Gasteiger partial charge in [-0.3, -0.25) is 4.79 Å². The Morgan fingerprint density at radius 2 is 2.45 bits per heavy atom. The van der Waals surface area contributed by atoms with Gasteiger partial charge in [-0.15, -0.1) is 0 Å². The number of thioether (sulfide) groups is 1. The third kappa shape index (κ3) is 3.74. The van der Waals surface area contributed by atoms with Gasteiger partial charge in [0.05, 0.1) is 6.42 Å². The summed E-state index contributed by atoms with van der Waals surface area (Å²) in [5, 5.41) is 12.9. The van der Waals surface area contributed by atoms with Gasteiger partial charge < -0.3 is 15.4 Å². The van der Waals surface area contributed by atoms with Crippen molar-refractivity contribution < 1.29 is 9.90 Å². The Morgan fingerprint density at radius 3 is 3.20 bits per heavy atom. The normalized spacial score (nSPS) is 12.5. The van der Waals surface area contributed by atoms with E-state index in [-0.39, 0.29) is 18.6 Å². The van der Waals surface area contributed by atoms with Gasteiger partial charge in [-0.25, -0.2) is 4.98 Å². The van der Waals surface area contributed by atoms with Gasteiger partial charge in [0.1, 0.15) is 5.65 Å². The number of hydrogen-bond acceptors (Lipinski definition) is 4. The first kappa shape index (κ1) is 14.9. The maximum Gasteiger partial charge on any atom is 0.224 e. The van der Waals surface area contributed by atoms with Gasteiger partial charge in [-0.1, -0.05) is 0 Å². The fraction of sp³-hybridized carbons (Fsp3) is 0.429. The van der Waals surface area contributed by atoms with Gasteiger partial charge in [0.25, 0.3) is 0 Å². The average Bonchev–Trinajstić information content (AvgIpc) is 2.83. The van der Waals surface area contributed by atoms with Gasteiger partial charge in [0.2, 0.25) is 5.91 Å². The highest BCUT2D eigenvalue weighted by atomic mass is 32.2. The summed E-state index contributed by atoms with van der Waals surface area (Å²) >= 11 is 1.66. The van der Waals surface area contributed by atoms with Gasteiger partial charge in [-0.05, 0) is 30.4 Å². The Morgan fingerprint density at radius 1 is 1.60 bits per heavy atom. The summed E-state index contributed by atoms with van der Waals surface area (Å²) in [6.45, 7) is 0.0858. The molecule has 2 rings (SSSR count). The first-order chi connectivity index (χ1) is 9.74. The molecule has 0 saturated heterocycles. The number of hydrogen-bond donors (Lipinski definition) is 3. The van der Waals surface area contributed by atoms with Gasteiger partial charge >= 0.3 is 0 Å². The molecule has 2 aromatic heterocycles. The molecule has 0 aliphatic heterocycles. The Balaban J connectivity index is 2.00. The molecule has 1 unspecified atom stereocenters. The van der Waals surface area contributed by atoms with Gasteiger partial charge in [0.15, 0.2) is 0 Å². The summed E-state index contributed by atoms with van der Waals surface area (Å²) in [4.78, 5) is 19.3. The number of nitrogens with one attached hydrogen (secondary N) is 2. The molecule has 20 heavy (non-hydrogen) atoms. The van der Waals surface area contributed by atoms with E-state index in [1.807, 2.05) is 24.6 Å². The molecule has 1 amide bonds. The first-order valence-electron chi connectivity index (χ1n) is 6.54. The number of pyridine rings is 1. The zero-order chi connectivity index (χ0) is 14.4. The number of aromatic nitrogens is 2. The molecule has 108 valence electrons. The number of fused-ring (bicyclic) bond motifs is 1. The van der Waals surface area contributed by atoms with E-state index >= 15 is 0 Å². The summed E-state index contributed by atoms with van der Waals surface area (Å²) in [5.74, 6) is 0.782. The maximum absolute atomic E-state index is 12.1. The molecule has 0 saturated carbocycles. The largest absolute Gasteiger partial charge is 0.396 e. The number of aliphatic hydroxyl groups is 1. The second-order valence-corrected chi connectivity index (χ2v) is 5.53. The molecular weight excluding hydrogens is 274 g/mol. The minimum Gasteiger partial charge on any atom is -0.396 e. The van der Waals surface area contributed by atoms with Crippen LogP contribution in [0.3, 0.4) is 0 Å². The van der Waals surface area contributed by atoms with Crippen LogP contribution in [-0.2, 0) is 11.2 Å². The van der Waals surface area contributed by atoms with Crippen molar-refractivity contribution in [2.75, 3.05) is 18.6 Å². The lowest BCUT2D eigenvalue weighted by Crippen LogP contribution is -2.38. The standard InChI is InChI=1S/C14H19N3O2S/c1-20-9-11(4-6-18)17-13(19)7-10-8-16-14-12(10)3-2-5-15-14/h2-3,5,8,11,18H,4,6-7,9H2,1H3,(H,15,16)(H,17,19). The predicted octanol–water partition coefficient (Wildman–Crippen LogP) is 1.34. The Kier molecular flexibility index (Phi) is 5.43. The van der Waals surface area contributed by atoms with Crippen LogP contribution in [0.5, 0.6) is 0 Å². The molecule has 2 heterocycles. The molecule has 0 spiro atoms. The quantitative estimate of drug-likeness (QED) is 0.720. The van der Waals surface area contributed by atoms with Crippen LogP contribution in [0.2, 0.25) is 0 Å². The molecule has 3 N–H and O–H groups in total. The molecule has 0 bridgehead atoms. The minimum atomic E-state index is -0.0257. The van der Waals surface area contributed by atoms with Crippen LogP contribution >= 0.6 is 11.8 Å². The third-order valence-electron chi connectivity index (χ3n) is 3.10. The van der Waals surface area contributed by atoms with E-state index in [0.29, 0.717) is 12.8 Å². The number of H-pyrrole nitrogens is 1. The molecule has 0 aliphatic rings. The number of amides is 1. The van der Waals surface area contributed by atoms with Crippen molar-refractivity contribution in [1.82, 2.24) is 15.3 Å². The Labute approximate surface area is 122 Å². The van der Waals surface area contributed by atoms with E-state index in [0.717, 1.165) is 22.3 Å².